The zero-order chi connectivity index (χ0) is 23.7. The van der Waals surface area contributed by atoms with Gasteiger partial charge in [-0.2, -0.15) is 4.98 Å². The van der Waals surface area contributed by atoms with Gasteiger partial charge in [-0.25, -0.2) is 0 Å². The molecule has 0 bridgehead atoms. The number of hydrogen-bond acceptors (Lipinski definition) is 5. The number of benzene rings is 3. The van der Waals surface area contributed by atoms with E-state index < -0.39 is 6.04 Å². The average molecular weight is 453 g/mol. The Morgan fingerprint density at radius 2 is 1.71 bits per heavy atom. The van der Waals surface area contributed by atoms with Crippen LogP contribution in [0.2, 0.25) is 0 Å². The van der Waals surface area contributed by atoms with Gasteiger partial charge in [0.1, 0.15) is 6.04 Å². The van der Waals surface area contributed by atoms with E-state index in [4.69, 9.17) is 4.52 Å². The number of fused-ring (bicyclic) bond motifs is 1. The molecular weight excluding hydrogens is 428 g/mol. The second-order valence-corrected chi connectivity index (χ2v) is 8.44. The molecule has 4 aromatic rings. The average Bonchev–Trinajstić information content (AvgIpc) is 3.30. The van der Waals surface area contributed by atoms with Crippen LogP contribution in [0.4, 0.5) is 11.4 Å². The van der Waals surface area contributed by atoms with Gasteiger partial charge < -0.3 is 9.84 Å². The first-order valence-electron chi connectivity index (χ1n) is 11.2. The number of amides is 2. The van der Waals surface area contributed by atoms with Crippen LogP contribution in [0.25, 0.3) is 11.5 Å². The maximum atomic E-state index is 13.7. The minimum absolute atomic E-state index is 0.204. The normalized spacial score (nSPS) is 15.0. The summed E-state index contributed by atoms with van der Waals surface area (Å²) in [6.07, 6.45) is 1.27. The van der Waals surface area contributed by atoms with E-state index in [1.54, 1.807) is 36.1 Å². The third kappa shape index (κ3) is 4.20. The molecule has 1 aliphatic rings. The summed E-state index contributed by atoms with van der Waals surface area (Å²) >= 11 is 0. The maximum absolute atomic E-state index is 13.7. The highest BCUT2D eigenvalue weighted by molar-refractivity contribution is 6.12. The fourth-order valence-corrected chi connectivity index (χ4v) is 4.22. The maximum Gasteiger partial charge on any atom is 0.259 e. The quantitative estimate of drug-likeness (QED) is 0.473. The van der Waals surface area contributed by atoms with Crippen LogP contribution in [0.3, 0.4) is 0 Å². The number of aromatic nitrogens is 2. The summed E-state index contributed by atoms with van der Waals surface area (Å²) < 4.78 is 5.22. The minimum atomic E-state index is -0.623. The molecule has 7 nitrogen and oxygen atoms in total. The number of para-hydroxylation sites is 1. The number of carbonyl (C=O) groups excluding carboxylic acids is 2. The molecule has 1 aliphatic heterocycles. The van der Waals surface area contributed by atoms with Gasteiger partial charge in [-0.05, 0) is 74.7 Å². The van der Waals surface area contributed by atoms with Crippen LogP contribution in [0.5, 0.6) is 0 Å². The number of nitrogens with zero attached hydrogens (tertiary/aromatic N) is 3. The van der Waals surface area contributed by atoms with E-state index in [2.05, 4.69) is 15.5 Å². The first-order chi connectivity index (χ1) is 16.5. The Balaban J connectivity index is 1.45. The first-order valence-corrected chi connectivity index (χ1v) is 11.2. The van der Waals surface area contributed by atoms with Gasteiger partial charge in [-0.3, -0.25) is 14.5 Å². The molecule has 0 spiro atoms. The van der Waals surface area contributed by atoms with Crippen molar-refractivity contribution in [1.29, 1.82) is 0 Å². The van der Waals surface area contributed by atoms with Crippen molar-refractivity contribution >= 4 is 23.2 Å². The van der Waals surface area contributed by atoms with E-state index in [0.717, 1.165) is 28.8 Å². The van der Waals surface area contributed by atoms with Gasteiger partial charge in [-0.1, -0.05) is 41.1 Å². The molecular formula is C27H24N4O3. The van der Waals surface area contributed by atoms with Crippen molar-refractivity contribution < 1.29 is 14.1 Å². The summed E-state index contributed by atoms with van der Waals surface area (Å²) in [5.41, 5.74) is 4.84. The Labute approximate surface area is 197 Å². The standard InChI is InChI=1S/C27H24N4O3/c1-17-7-14-22(15-8-17)29-25(32)24-16-13-19-5-3-4-6-23(19)31(24)27(33)21-11-9-20(10-12-21)26-28-18(2)30-34-26/h3-12,14-15,24H,13,16H2,1-2H3,(H,29,32). The van der Waals surface area contributed by atoms with Crippen LogP contribution in [0, 0.1) is 13.8 Å². The van der Waals surface area contributed by atoms with Gasteiger partial charge in [0.2, 0.25) is 5.91 Å². The molecule has 170 valence electrons. The van der Waals surface area contributed by atoms with Gasteiger partial charge in [-0.15, -0.1) is 0 Å². The second kappa shape index (κ2) is 8.94. The highest BCUT2D eigenvalue weighted by Crippen LogP contribution is 2.33. The molecule has 34 heavy (non-hydrogen) atoms. The van der Waals surface area contributed by atoms with Crippen molar-refractivity contribution in [3.63, 3.8) is 0 Å². The molecule has 1 atom stereocenters. The summed E-state index contributed by atoms with van der Waals surface area (Å²) in [6.45, 7) is 3.75. The summed E-state index contributed by atoms with van der Waals surface area (Å²) in [5.74, 6) is 0.506. The Kier molecular flexibility index (Phi) is 5.67. The predicted octanol–water partition coefficient (Wildman–Crippen LogP) is 4.95. The molecule has 2 amide bonds. The Hall–Kier alpha value is -4.26. The molecule has 0 aliphatic carbocycles. The predicted molar refractivity (Wildman–Crippen MR) is 130 cm³/mol. The lowest BCUT2D eigenvalue weighted by Gasteiger charge is -2.36. The smallest absolute Gasteiger partial charge is 0.259 e. The summed E-state index contributed by atoms with van der Waals surface area (Å²) in [4.78, 5) is 32.9. The van der Waals surface area contributed by atoms with Gasteiger partial charge >= 0.3 is 0 Å². The van der Waals surface area contributed by atoms with Crippen molar-refractivity contribution in [3.05, 3.63) is 95.3 Å². The van der Waals surface area contributed by atoms with Crippen molar-refractivity contribution in [2.24, 2.45) is 0 Å². The zero-order valence-electron chi connectivity index (χ0n) is 19.0. The molecule has 1 unspecified atom stereocenters. The molecule has 1 N–H and O–H groups in total. The number of rotatable bonds is 4. The van der Waals surface area contributed by atoms with Crippen molar-refractivity contribution in [3.8, 4) is 11.5 Å². The van der Waals surface area contributed by atoms with Crippen LogP contribution >= 0.6 is 0 Å². The van der Waals surface area contributed by atoms with Gasteiger partial charge in [0.25, 0.3) is 11.8 Å². The third-order valence-electron chi connectivity index (χ3n) is 6.00. The summed E-state index contributed by atoms with van der Waals surface area (Å²) in [7, 11) is 0. The van der Waals surface area contributed by atoms with E-state index in [1.165, 1.54) is 0 Å². The molecule has 0 saturated carbocycles. The highest BCUT2D eigenvalue weighted by atomic mass is 16.5. The van der Waals surface area contributed by atoms with Crippen molar-refractivity contribution in [2.75, 3.05) is 10.2 Å². The number of nitrogens with one attached hydrogen (secondary N) is 1. The SMILES string of the molecule is Cc1ccc(NC(=O)C2CCc3ccccc3N2C(=O)c2ccc(-c3nc(C)no3)cc2)cc1. The lowest BCUT2D eigenvalue weighted by Crippen LogP contribution is -2.50. The molecule has 2 heterocycles. The summed E-state index contributed by atoms with van der Waals surface area (Å²) in [6, 6.07) is 21.8. The van der Waals surface area contributed by atoms with E-state index in [-0.39, 0.29) is 11.8 Å². The van der Waals surface area contributed by atoms with Crippen molar-refractivity contribution in [2.45, 2.75) is 32.7 Å². The van der Waals surface area contributed by atoms with Crippen LogP contribution in [0.15, 0.2) is 77.3 Å². The Morgan fingerprint density at radius 3 is 2.41 bits per heavy atom. The molecule has 7 heteroatoms. The molecule has 0 radical (unpaired) electrons. The van der Waals surface area contributed by atoms with Crippen LogP contribution in [-0.4, -0.2) is 28.0 Å². The summed E-state index contributed by atoms with van der Waals surface area (Å²) in [5, 5.41) is 6.79. The highest BCUT2D eigenvalue weighted by Gasteiger charge is 2.36. The molecule has 0 saturated heterocycles. The number of anilines is 2. The van der Waals surface area contributed by atoms with Gasteiger partial charge in [0.15, 0.2) is 5.82 Å². The van der Waals surface area contributed by atoms with Crippen molar-refractivity contribution in [1.82, 2.24) is 10.1 Å². The van der Waals surface area contributed by atoms with E-state index in [1.807, 2.05) is 55.5 Å². The fourth-order valence-electron chi connectivity index (χ4n) is 4.22. The van der Waals surface area contributed by atoms with E-state index in [0.29, 0.717) is 29.4 Å². The van der Waals surface area contributed by atoms with Crippen LogP contribution < -0.4 is 10.2 Å². The lowest BCUT2D eigenvalue weighted by atomic mass is 9.94. The Morgan fingerprint density at radius 1 is 0.971 bits per heavy atom. The molecule has 0 fully saturated rings. The van der Waals surface area contributed by atoms with E-state index >= 15 is 0 Å². The number of hydrogen-bond donors (Lipinski definition) is 1. The number of aryl methyl sites for hydroxylation is 3. The first kappa shape index (κ1) is 21.6. The topological polar surface area (TPSA) is 88.3 Å². The lowest BCUT2D eigenvalue weighted by molar-refractivity contribution is -0.117. The molecule has 5 rings (SSSR count). The second-order valence-electron chi connectivity index (χ2n) is 8.44. The fraction of sp³-hybridized carbons (Fsp3) is 0.185. The molecule has 1 aromatic heterocycles. The third-order valence-corrected chi connectivity index (χ3v) is 6.00. The van der Waals surface area contributed by atoms with Gasteiger partial charge in [0, 0.05) is 22.5 Å². The minimum Gasteiger partial charge on any atom is -0.334 e. The van der Waals surface area contributed by atoms with E-state index in [9.17, 15) is 9.59 Å². The molecule has 3 aromatic carbocycles. The largest absolute Gasteiger partial charge is 0.334 e. The van der Waals surface area contributed by atoms with Crippen LogP contribution in [-0.2, 0) is 11.2 Å². The van der Waals surface area contributed by atoms with Gasteiger partial charge in [0.05, 0.1) is 0 Å². The Bertz CT molecular complexity index is 1340. The monoisotopic (exact) mass is 452 g/mol. The number of carbonyl (C=O) groups is 2. The zero-order valence-corrected chi connectivity index (χ0v) is 19.0. The van der Waals surface area contributed by atoms with Crippen LogP contribution in [0.1, 0.15) is 33.7 Å².